The molecule has 1 unspecified atom stereocenters. The maximum atomic E-state index is 11.7. The normalized spacial score (nSPS) is 12.7. The van der Waals surface area contributed by atoms with Crippen molar-refractivity contribution in [3.05, 3.63) is 41.5 Å². The number of hydrogen-bond donors (Lipinski definition) is 0. The van der Waals surface area contributed by atoms with Gasteiger partial charge >= 0.3 is 5.97 Å². The van der Waals surface area contributed by atoms with Gasteiger partial charge in [0.05, 0.1) is 7.11 Å². The van der Waals surface area contributed by atoms with Crippen LogP contribution in [0, 0.1) is 5.92 Å². The Balaban J connectivity index is 3.03. The Kier molecular flexibility index (Phi) is 5.84. The first-order valence-electron chi connectivity index (χ1n) is 6.30. The topological polar surface area (TPSA) is 60.4 Å². The summed E-state index contributed by atoms with van der Waals surface area (Å²) in [7, 11) is 1.23. The molecule has 0 fully saturated rings. The molecule has 4 heteroatoms. The van der Waals surface area contributed by atoms with Crippen molar-refractivity contribution in [1.82, 2.24) is 0 Å². The van der Waals surface area contributed by atoms with E-state index in [-0.39, 0.29) is 18.0 Å². The summed E-state index contributed by atoms with van der Waals surface area (Å²) in [5.41, 5.74) is 1.28. The summed E-state index contributed by atoms with van der Waals surface area (Å²) in [5, 5.41) is 0. The van der Waals surface area contributed by atoms with E-state index in [2.05, 4.69) is 4.74 Å². The minimum absolute atomic E-state index is 0.0617. The van der Waals surface area contributed by atoms with Gasteiger partial charge in [0.15, 0.2) is 5.78 Å². The number of methoxy groups -OCH3 is 1. The summed E-state index contributed by atoms with van der Waals surface area (Å²) in [6.45, 7) is 2.74. The molecule has 20 heavy (non-hydrogen) atoms. The van der Waals surface area contributed by atoms with E-state index in [1.165, 1.54) is 21.0 Å². The van der Waals surface area contributed by atoms with Gasteiger partial charge in [0.2, 0.25) is 0 Å². The number of esters is 1. The third-order valence-electron chi connectivity index (χ3n) is 2.99. The van der Waals surface area contributed by atoms with Crippen LogP contribution >= 0.6 is 0 Å². The molecule has 106 valence electrons. The van der Waals surface area contributed by atoms with Crippen molar-refractivity contribution in [2.45, 2.75) is 20.3 Å². The van der Waals surface area contributed by atoms with Gasteiger partial charge in [-0.2, -0.15) is 0 Å². The van der Waals surface area contributed by atoms with Crippen molar-refractivity contribution >= 4 is 23.6 Å². The fourth-order valence-corrected chi connectivity index (χ4v) is 1.81. The number of carbonyl (C=O) groups excluding carboxylic acids is 3. The Morgan fingerprint density at radius 2 is 1.75 bits per heavy atom. The van der Waals surface area contributed by atoms with Gasteiger partial charge in [-0.3, -0.25) is 14.4 Å². The zero-order valence-electron chi connectivity index (χ0n) is 11.9. The molecule has 0 aromatic heterocycles. The van der Waals surface area contributed by atoms with Gasteiger partial charge in [-0.25, -0.2) is 0 Å². The molecule has 0 spiro atoms. The number of hydrogen-bond acceptors (Lipinski definition) is 4. The van der Waals surface area contributed by atoms with Gasteiger partial charge in [0, 0.05) is 0 Å². The van der Waals surface area contributed by atoms with E-state index in [0.717, 1.165) is 5.56 Å². The van der Waals surface area contributed by atoms with E-state index in [0.29, 0.717) is 5.57 Å². The van der Waals surface area contributed by atoms with Crippen LogP contribution in [0.1, 0.15) is 25.8 Å². The smallest absolute Gasteiger partial charge is 0.316 e. The lowest BCUT2D eigenvalue weighted by Crippen LogP contribution is -2.24. The molecule has 0 aliphatic heterocycles. The molecule has 0 saturated heterocycles. The van der Waals surface area contributed by atoms with Gasteiger partial charge in [-0.05, 0) is 37.5 Å². The highest BCUT2D eigenvalue weighted by Crippen LogP contribution is 2.18. The molecular weight excluding hydrogens is 256 g/mol. The van der Waals surface area contributed by atoms with Crippen LogP contribution < -0.4 is 0 Å². The molecule has 0 bridgehead atoms. The SMILES string of the molecule is COC(=O)C(C/C(=C/c1ccccc1)C(C)=O)C(C)=O. The zero-order chi connectivity index (χ0) is 15.1. The Bertz CT molecular complexity index is 529. The molecular formula is C16H18O4. The number of rotatable bonds is 6. The molecule has 0 N–H and O–H groups in total. The standard InChI is InChI=1S/C16H18O4/c1-11(17)14(9-13-7-5-4-6-8-13)10-15(12(2)18)16(19)20-3/h4-9,15H,10H2,1-3H3/b14-9-. The molecule has 1 rings (SSSR count). The van der Waals surface area contributed by atoms with Crippen molar-refractivity contribution in [2.75, 3.05) is 7.11 Å². The highest BCUT2D eigenvalue weighted by atomic mass is 16.5. The first-order valence-corrected chi connectivity index (χ1v) is 6.30. The van der Waals surface area contributed by atoms with Gasteiger partial charge in [0.1, 0.15) is 11.7 Å². The summed E-state index contributed by atoms with van der Waals surface area (Å²) in [6.07, 6.45) is 1.76. The fraction of sp³-hybridized carbons (Fsp3) is 0.312. The molecule has 0 amide bonds. The van der Waals surface area contributed by atoms with Gasteiger partial charge in [-0.1, -0.05) is 30.3 Å². The fourth-order valence-electron chi connectivity index (χ4n) is 1.81. The van der Waals surface area contributed by atoms with Gasteiger partial charge < -0.3 is 4.74 Å². The second kappa shape index (κ2) is 7.38. The predicted octanol–water partition coefficient (Wildman–Crippen LogP) is 2.43. The molecule has 1 atom stereocenters. The van der Waals surface area contributed by atoms with Crippen molar-refractivity contribution in [3.8, 4) is 0 Å². The Morgan fingerprint density at radius 3 is 2.20 bits per heavy atom. The minimum Gasteiger partial charge on any atom is -0.468 e. The summed E-state index contributed by atoms with van der Waals surface area (Å²) >= 11 is 0. The third kappa shape index (κ3) is 4.46. The lowest BCUT2D eigenvalue weighted by molar-refractivity contribution is -0.148. The molecule has 1 aromatic carbocycles. The summed E-state index contributed by atoms with van der Waals surface area (Å²) in [5.74, 6) is -2.02. The Morgan fingerprint density at radius 1 is 1.15 bits per heavy atom. The number of allylic oxidation sites excluding steroid dienone is 1. The number of carbonyl (C=O) groups is 3. The first-order chi connectivity index (χ1) is 9.45. The zero-order valence-corrected chi connectivity index (χ0v) is 11.9. The summed E-state index contributed by atoms with van der Waals surface area (Å²) < 4.78 is 4.61. The lowest BCUT2D eigenvalue weighted by atomic mass is 9.93. The molecule has 0 heterocycles. The van der Waals surface area contributed by atoms with Gasteiger partial charge in [-0.15, -0.1) is 0 Å². The second-order valence-corrected chi connectivity index (χ2v) is 4.53. The van der Waals surface area contributed by atoms with Crippen LogP contribution in [0.3, 0.4) is 0 Å². The predicted molar refractivity (Wildman–Crippen MR) is 75.9 cm³/mol. The molecule has 1 aromatic rings. The number of Topliss-reactive ketones (excluding diaryl/α,β-unsaturated/α-hetero) is 2. The Hall–Kier alpha value is -2.23. The van der Waals surface area contributed by atoms with Crippen LogP contribution in [0.5, 0.6) is 0 Å². The minimum atomic E-state index is -0.932. The number of ether oxygens (including phenoxy) is 1. The van der Waals surface area contributed by atoms with E-state index in [4.69, 9.17) is 0 Å². The average Bonchev–Trinajstić information content (AvgIpc) is 2.43. The highest BCUT2D eigenvalue weighted by Gasteiger charge is 2.26. The van der Waals surface area contributed by atoms with Crippen LogP contribution in [0.4, 0.5) is 0 Å². The highest BCUT2D eigenvalue weighted by molar-refractivity contribution is 6.02. The monoisotopic (exact) mass is 274 g/mol. The molecule has 0 radical (unpaired) electrons. The van der Waals surface area contributed by atoms with Crippen LogP contribution in [0.2, 0.25) is 0 Å². The summed E-state index contributed by atoms with van der Waals surface area (Å²) in [4.78, 5) is 34.8. The second-order valence-electron chi connectivity index (χ2n) is 4.53. The van der Waals surface area contributed by atoms with Crippen molar-refractivity contribution in [2.24, 2.45) is 5.92 Å². The lowest BCUT2D eigenvalue weighted by Gasteiger charge is -2.12. The van der Waals surface area contributed by atoms with E-state index >= 15 is 0 Å². The maximum absolute atomic E-state index is 11.7. The van der Waals surface area contributed by atoms with Crippen molar-refractivity contribution < 1.29 is 19.1 Å². The quantitative estimate of drug-likeness (QED) is 0.454. The first kappa shape index (κ1) is 15.8. The molecule has 0 aliphatic rings. The van der Waals surface area contributed by atoms with Crippen LogP contribution in [0.25, 0.3) is 6.08 Å². The largest absolute Gasteiger partial charge is 0.468 e. The number of benzene rings is 1. The van der Waals surface area contributed by atoms with Crippen LogP contribution in [-0.4, -0.2) is 24.6 Å². The molecule has 0 saturated carbocycles. The van der Waals surface area contributed by atoms with E-state index in [1.807, 2.05) is 30.3 Å². The van der Waals surface area contributed by atoms with Crippen LogP contribution in [-0.2, 0) is 19.1 Å². The molecule has 0 aliphatic carbocycles. The van der Waals surface area contributed by atoms with E-state index in [9.17, 15) is 14.4 Å². The molecule has 4 nitrogen and oxygen atoms in total. The van der Waals surface area contributed by atoms with E-state index in [1.54, 1.807) is 6.08 Å². The third-order valence-corrected chi connectivity index (χ3v) is 2.99. The van der Waals surface area contributed by atoms with Crippen molar-refractivity contribution in [3.63, 3.8) is 0 Å². The average molecular weight is 274 g/mol. The summed E-state index contributed by atoms with van der Waals surface area (Å²) in [6, 6.07) is 9.28. The van der Waals surface area contributed by atoms with E-state index < -0.39 is 11.9 Å². The number of ketones is 2. The van der Waals surface area contributed by atoms with Gasteiger partial charge in [0.25, 0.3) is 0 Å². The van der Waals surface area contributed by atoms with Crippen LogP contribution in [0.15, 0.2) is 35.9 Å². The Labute approximate surface area is 118 Å². The van der Waals surface area contributed by atoms with Crippen molar-refractivity contribution in [1.29, 1.82) is 0 Å². The maximum Gasteiger partial charge on any atom is 0.316 e.